The Kier molecular flexibility index (Phi) is 1.35. The zero-order valence-electron chi connectivity index (χ0n) is 7.04. The van der Waals surface area contributed by atoms with Crippen LogP contribution in [0.4, 0.5) is 0 Å². The molecule has 66 valence electrons. The normalized spacial score (nSPS) is 45.2. The lowest BCUT2D eigenvalue weighted by Crippen LogP contribution is -2.33. The molecule has 0 amide bonds. The van der Waals surface area contributed by atoms with Gasteiger partial charge in [0.15, 0.2) is 0 Å². The summed E-state index contributed by atoms with van der Waals surface area (Å²) >= 11 is 0. The zero-order chi connectivity index (χ0) is 8.93. The number of aliphatic carboxylic acids is 1. The Hall–Kier alpha value is -0.860. The molecule has 0 spiro atoms. The summed E-state index contributed by atoms with van der Waals surface area (Å²) in [5.41, 5.74) is -0.739. The summed E-state index contributed by atoms with van der Waals surface area (Å²) in [6, 6.07) is 0. The van der Waals surface area contributed by atoms with Gasteiger partial charge in [-0.2, -0.15) is 0 Å². The van der Waals surface area contributed by atoms with Crippen LogP contribution in [0.5, 0.6) is 0 Å². The van der Waals surface area contributed by atoms with Crippen molar-refractivity contribution in [2.45, 2.75) is 26.2 Å². The molecule has 1 N–H and O–H groups in total. The summed E-state index contributed by atoms with van der Waals surface area (Å²) in [5.74, 6) is -0.718. The molecule has 3 unspecified atom stereocenters. The molecule has 2 aliphatic carbocycles. The van der Waals surface area contributed by atoms with Crippen LogP contribution in [-0.2, 0) is 9.59 Å². The Morgan fingerprint density at radius 1 is 1.58 bits per heavy atom. The van der Waals surface area contributed by atoms with Crippen LogP contribution < -0.4 is 0 Å². The smallest absolute Gasteiger partial charge is 0.310 e. The average molecular weight is 168 g/mol. The molecule has 2 rings (SSSR count). The van der Waals surface area contributed by atoms with E-state index in [0.717, 1.165) is 12.8 Å². The Labute approximate surface area is 70.8 Å². The maximum Gasteiger partial charge on any atom is 0.310 e. The minimum absolute atomic E-state index is 0.104. The van der Waals surface area contributed by atoms with E-state index in [2.05, 4.69) is 0 Å². The molecule has 0 aromatic rings. The minimum Gasteiger partial charge on any atom is -0.481 e. The van der Waals surface area contributed by atoms with E-state index in [1.165, 1.54) is 0 Å². The Morgan fingerprint density at radius 3 is 2.50 bits per heavy atom. The zero-order valence-corrected chi connectivity index (χ0v) is 7.04. The third kappa shape index (κ3) is 0.667. The largest absolute Gasteiger partial charge is 0.481 e. The van der Waals surface area contributed by atoms with E-state index in [-0.39, 0.29) is 17.6 Å². The second-order valence-corrected chi connectivity index (χ2v) is 4.09. The maximum absolute atomic E-state index is 11.3. The molecule has 2 fully saturated rings. The first-order valence-corrected chi connectivity index (χ1v) is 4.33. The molecule has 0 aromatic carbocycles. The Bertz CT molecular complexity index is 258. The van der Waals surface area contributed by atoms with Crippen LogP contribution in [0.2, 0.25) is 0 Å². The lowest BCUT2D eigenvalue weighted by molar-refractivity contribution is -0.151. The van der Waals surface area contributed by atoms with Crippen molar-refractivity contribution in [3.63, 3.8) is 0 Å². The predicted octanol–water partition coefficient (Wildman–Crippen LogP) is 1.08. The summed E-state index contributed by atoms with van der Waals surface area (Å²) in [5, 5.41) is 9.02. The molecule has 0 radical (unpaired) electrons. The number of carbonyl (C=O) groups excluding carboxylic acids is 1. The number of carboxylic acid groups (broad SMARTS) is 1. The van der Waals surface area contributed by atoms with Gasteiger partial charge in [-0.3, -0.25) is 9.59 Å². The van der Waals surface area contributed by atoms with Crippen LogP contribution in [0, 0.1) is 17.3 Å². The molecule has 2 aliphatic rings. The minimum atomic E-state index is -0.791. The lowest BCUT2D eigenvalue weighted by atomic mass is 9.80. The third-order valence-corrected chi connectivity index (χ3v) is 3.67. The highest BCUT2D eigenvalue weighted by molar-refractivity contribution is 5.93. The van der Waals surface area contributed by atoms with Crippen molar-refractivity contribution in [3.8, 4) is 0 Å². The van der Waals surface area contributed by atoms with E-state index in [1.807, 2.05) is 0 Å². The van der Waals surface area contributed by atoms with Gasteiger partial charge in [0.2, 0.25) is 0 Å². The summed E-state index contributed by atoms with van der Waals surface area (Å²) < 4.78 is 0. The van der Waals surface area contributed by atoms with Crippen LogP contribution in [0.15, 0.2) is 0 Å². The number of hydrogen-bond acceptors (Lipinski definition) is 2. The van der Waals surface area contributed by atoms with Gasteiger partial charge in [0.1, 0.15) is 5.78 Å². The number of fused-ring (bicyclic) bond motifs is 2. The van der Waals surface area contributed by atoms with E-state index < -0.39 is 11.4 Å². The molecule has 0 saturated heterocycles. The van der Waals surface area contributed by atoms with Crippen molar-refractivity contribution in [1.29, 1.82) is 0 Å². The molecule has 3 nitrogen and oxygen atoms in total. The molecule has 12 heavy (non-hydrogen) atoms. The third-order valence-electron chi connectivity index (χ3n) is 3.67. The molecule has 2 saturated carbocycles. The molecule has 0 aliphatic heterocycles. The molecule has 0 heterocycles. The van der Waals surface area contributed by atoms with Crippen molar-refractivity contribution in [2.75, 3.05) is 0 Å². The first-order chi connectivity index (χ1) is 5.56. The highest BCUT2D eigenvalue weighted by Crippen LogP contribution is 2.55. The van der Waals surface area contributed by atoms with Crippen LogP contribution in [0.25, 0.3) is 0 Å². The Morgan fingerprint density at radius 2 is 2.25 bits per heavy atom. The van der Waals surface area contributed by atoms with Crippen molar-refractivity contribution in [3.05, 3.63) is 0 Å². The van der Waals surface area contributed by atoms with Crippen molar-refractivity contribution >= 4 is 11.8 Å². The summed E-state index contributed by atoms with van der Waals surface area (Å²) in [4.78, 5) is 22.3. The average Bonchev–Trinajstić information content (AvgIpc) is 2.42. The van der Waals surface area contributed by atoms with Crippen molar-refractivity contribution < 1.29 is 14.7 Å². The van der Waals surface area contributed by atoms with E-state index >= 15 is 0 Å². The monoisotopic (exact) mass is 168 g/mol. The molecular formula is C9H12O3. The number of hydrogen-bond donors (Lipinski definition) is 1. The highest BCUT2D eigenvalue weighted by atomic mass is 16.4. The molecule has 3 atom stereocenters. The number of rotatable bonds is 1. The quantitative estimate of drug-likeness (QED) is 0.637. The van der Waals surface area contributed by atoms with Crippen LogP contribution in [0.3, 0.4) is 0 Å². The second kappa shape index (κ2) is 2.09. The van der Waals surface area contributed by atoms with E-state index in [0.29, 0.717) is 6.42 Å². The van der Waals surface area contributed by atoms with Gasteiger partial charge >= 0.3 is 5.97 Å². The number of carbonyl (C=O) groups is 2. The van der Waals surface area contributed by atoms with E-state index in [4.69, 9.17) is 5.11 Å². The van der Waals surface area contributed by atoms with Crippen LogP contribution in [0.1, 0.15) is 26.2 Å². The first kappa shape index (κ1) is 7.77. The molecular weight excluding hydrogens is 156 g/mol. The van der Waals surface area contributed by atoms with Gasteiger partial charge in [-0.05, 0) is 25.7 Å². The SMILES string of the molecule is CC1(C(=O)O)C2CCC1C(=O)C2. The topological polar surface area (TPSA) is 54.4 Å². The van der Waals surface area contributed by atoms with Gasteiger partial charge in [0.25, 0.3) is 0 Å². The number of ketones is 1. The van der Waals surface area contributed by atoms with Crippen LogP contribution >= 0.6 is 0 Å². The fourth-order valence-electron chi connectivity index (χ4n) is 2.77. The predicted molar refractivity (Wildman–Crippen MR) is 41.6 cm³/mol. The summed E-state index contributed by atoms with van der Waals surface area (Å²) in [6.07, 6.45) is 2.19. The van der Waals surface area contributed by atoms with Crippen molar-refractivity contribution in [2.24, 2.45) is 17.3 Å². The lowest BCUT2D eigenvalue weighted by Gasteiger charge is -2.22. The Balaban J connectivity index is 2.40. The number of Topliss-reactive ketones (excluding diaryl/α,β-unsaturated/α-hetero) is 1. The molecule has 2 bridgehead atoms. The van der Waals surface area contributed by atoms with Gasteiger partial charge in [-0.1, -0.05) is 0 Å². The van der Waals surface area contributed by atoms with Crippen LogP contribution in [-0.4, -0.2) is 16.9 Å². The van der Waals surface area contributed by atoms with Gasteiger partial charge in [-0.15, -0.1) is 0 Å². The first-order valence-electron chi connectivity index (χ1n) is 4.33. The fraction of sp³-hybridized carbons (Fsp3) is 0.778. The van der Waals surface area contributed by atoms with E-state index in [9.17, 15) is 9.59 Å². The number of carboxylic acids is 1. The summed E-state index contributed by atoms with van der Waals surface area (Å²) in [7, 11) is 0. The van der Waals surface area contributed by atoms with Gasteiger partial charge < -0.3 is 5.11 Å². The fourth-order valence-corrected chi connectivity index (χ4v) is 2.77. The molecule has 3 heteroatoms. The maximum atomic E-state index is 11.3. The summed E-state index contributed by atoms with van der Waals surface area (Å²) in [6.45, 7) is 1.72. The van der Waals surface area contributed by atoms with Crippen molar-refractivity contribution in [1.82, 2.24) is 0 Å². The van der Waals surface area contributed by atoms with Gasteiger partial charge in [-0.25, -0.2) is 0 Å². The standard InChI is InChI=1S/C9H12O3/c1-9(8(11)12)5-2-3-6(9)7(10)4-5/h5-6H,2-4H2,1H3,(H,11,12). The van der Waals surface area contributed by atoms with Gasteiger partial charge in [0, 0.05) is 12.3 Å². The van der Waals surface area contributed by atoms with Gasteiger partial charge in [0.05, 0.1) is 5.41 Å². The molecule has 0 aromatic heterocycles. The highest BCUT2D eigenvalue weighted by Gasteiger charge is 2.60. The second-order valence-electron chi connectivity index (χ2n) is 4.09. The van der Waals surface area contributed by atoms with E-state index in [1.54, 1.807) is 6.92 Å².